The van der Waals surface area contributed by atoms with Crippen LogP contribution in [0.25, 0.3) is 10.6 Å². The van der Waals surface area contributed by atoms with Crippen LogP contribution in [0.3, 0.4) is 0 Å². The Hall–Kier alpha value is -1.23. The highest BCUT2D eigenvalue weighted by Gasteiger charge is 2.20. The fourth-order valence-electron chi connectivity index (χ4n) is 2.70. The number of likely N-dealkylation sites (tertiary alicyclic amines) is 1. The lowest BCUT2D eigenvalue weighted by Crippen LogP contribution is -2.20. The van der Waals surface area contributed by atoms with Crippen molar-refractivity contribution in [2.24, 2.45) is 0 Å². The second kappa shape index (κ2) is 6.26. The second-order valence-corrected chi connectivity index (χ2v) is 7.20. The SMILES string of the molecule is CC(C)c1ccc(-c2ncc(CN3CCC(O)C3)s2)cc1. The topological polar surface area (TPSA) is 36.4 Å². The molecule has 1 saturated heterocycles. The van der Waals surface area contributed by atoms with Gasteiger partial charge < -0.3 is 5.11 Å². The fraction of sp³-hybridized carbons (Fsp3) is 0.471. The van der Waals surface area contributed by atoms with E-state index in [1.807, 2.05) is 6.20 Å². The highest BCUT2D eigenvalue weighted by Crippen LogP contribution is 2.28. The van der Waals surface area contributed by atoms with Crippen molar-refractivity contribution in [2.45, 2.75) is 38.8 Å². The molecule has 0 radical (unpaired) electrons. The van der Waals surface area contributed by atoms with Crippen molar-refractivity contribution in [2.75, 3.05) is 13.1 Å². The summed E-state index contributed by atoms with van der Waals surface area (Å²) in [4.78, 5) is 8.12. The van der Waals surface area contributed by atoms with Crippen molar-refractivity contribution < 1.29 is 5.11 Å². The minimum atomic E-state index is -0.152. The lowest BCUT2D eigenvalue weighted by molar-refractivity contribution is 0.175. The summed E-state index contributed by atoms with van der Waals surface area (Å²) in [6, 6.07) is 8.71. The zero-order chi connectivity index (χ0) is 14.8. The van der Waals surface area contributed by atoms with Gasteiger partial charge in [0.15, 0.2) is 0 Å². The van der Waals surface area contributed by atoms with Crippen molar-refractivity contribution in [3.8, 4) is 10.6 Å². The molecule has 0 amide bonds. The van der Waals surface area contributed by atoms with E-state index >= 15 is 0 Å². The molecule has 2 aromatic rings. The van der Waals surface area contributed by atoms with Crippen LogP contribution in [0.1, 0.15) is 36.6 Å². The van der Waals surface area contributed by atoms with Crippen LogP contribution >= 0.6 is 11.3 Å². The Morgan fingerprint density at radius 1 is 1.33 bits per heavy atom. The minimum absolute atomic E-state index is 0.152. The van der Waals surface area contributed by atoms with Crippen LogP contribution in [-0.2, 0) is 6.54 Å². The highest BCUT2D eigenvalue weighted by atomic mass is 32.1. The van der Waals surface area contributed by atoms with Crippen LogP contribution in [0, 0.1) is 0 Å². The third-order valence-corrected chi connectivity index (χ3v) is 5.04. The minimum Gasteiger partial charge on any atom is -0.392 e. The Bertz CT molecular complexity index is 591. The van der Waals surface area contributed by atoms with Crippen molar-refractivity contribution >= 4 is 11.3 Å². The van der Waals surface area contributed by atoms with Crippen molar-refractivity contribution in [3.63, 3.8) is 0 Å². The van der Waals surface area contributed by atoms with Gasteiger partial charge in [-0.3, -0.25) is 4.90 Å². The molecular formula is C17H22N2OS. The van der Waals surface area contributed by atoms with E-state index in [-0.39, 0.29) is 6.10 Å². The molecular weight excluding hydrogens is 280 g/mol. The zero-order valence-corrected chi connectivity index (χ0v) is 13.4. The number of hydrogen-bond acceptors (Lipinski definition) is 4. The molecule has 0 aliphatic carbocycles. The monoisotopic (exact) mass is 302 g/mol. The molecule has 4 heteroatoms. The molecule has 2 heterocycles. The lowest BCUT2D eigenvalue weighted by Gasteiger charge is -2.12. The van der Waals surface area contributed by atoms with Crippen molar-refractivity contribution in [1.82, 2.24) is 9.88 Å². The summed E-state index contributed by atoms with van der Waals surface area (Å²) in [5.41, 5.74) is 2.55. The summed E-state index contributed by atoms with van der Waals surface area (Å²) in [6.07, 6.45) is 2.71. The van der Waals surface area contributed by atoms with E-state index in [4.69, 9.17) is 0 Å². The number of benzene rings is 1. The van der Waals surface area contributed by atoms with Crippen LogP contribution < -0.4 is 0 Å². The molecule has 0 spiro atoms. The van der Waals surface area contributed by atoms with Gasteiger partial charge in [-0.15, -0.1) is 11.3 Å². The van der Waals surface area contributed by atoms with Crippen LogP contribution in [0.4, 0.5) is 0 Å². The summed E-state index contributed by atoms with van der Waals surface area (Å²) >= 11 is 1.75. The molecule has 1 N–H and O–H groups in total. The van der Waals surface area contributed by atoms with E-state index in [0.29, 0.717) is 5.92 Å². The summed E-state index contributed by atoms with van der Waals surface area (Å²) in [6.45, 7) is 7.09. The van der Waals surface area contributed by atoms with E-state index in [0.717, 1.165) is 31.1 Å². The van der Waals surface area contributed by atoms with Gasteiger partial charge in [0.2, 0.25) is 0 Å². The van der Waals surface area contributed by atoms with Crippen molar-refractivity contribution in [3.05, 3.63) is 40.9 Å². The van der Waals surface area contributed by atoms with E-state index in [9.17, 15) is 5.11 Å². The van der Waals surface area contributed by atoms with Crippen LogP contribution in [0.5, 0.6) is 0 Å². The summed E-state index contributed by atoms with van der Waals surface area (Å²) < 4.78 is 0. The molecule has 112 valence electrons. The predicted molar refractivity (Wildman–Crippen MR) is 87.5 cm³/mol. The van der Waals surface area contributed by atoms with E-state index in [1.54, 1.807) is 11.3 Å². The molecule has 1 unspecified atom stereocenters. The summed E-state index contributed by atoms with van der Waals surface area (Å²) in [5.74, 6) is 0.562. The largest absolute Gasteiger partial charge is 0.392 e. The molecule has 3 rings (SSSR count). The second-order valence-electron chi connectivity index (χ2n) is 6.09. The Morgan fingerprint density at radius 2 is 2.10 bits per heavy atom. The lowest BCUT2D eigenvalue weighted by atomic mass is 10.0. The molecule has 1 aliphatic heterocycles. The van der Waals surface area contributed by atoms with Crippen molar-refractivity contribution in [1.29, 1.82) is 0 Å². The van der Waals surface area contributed by atoms with E-state index < -0.39 is 0 Å². The quantitative estimate of drug-likeness (QED) is 0.939. The van der Waals surface area contributed by atoms with Gasteiger partial charge in [-0.25, -0.2) is 4.98 Å². The number of aliphatic hydroxyl groups excluding tert-OH is 1. The average molecular weight is 302 g/mol. The molecule has 1 aromatic carbocycles. The first-order valence-corrected chi connectivity index (χ1v) is 8.39. The van der Waals surface area contributed by atoms with Gasteiger partial charge in [-0.2, -0.15) is 0 Å². The third-order valence-electron chi connectivity index (χ3n) is 4.00. The maximum Gasteiger partial charge on any atom is 0.123 e. The molecule has 1 atom stereocenters. The first-order valence-electron chi connectivity index (χ1n) is 7.57. The molecule has 0 saturated carbocycles. The standard InChI is InChI=1S/C17H22N2OS/c1-12(2)13-3-5-14(6-4-13)17-18-9-16(21-17)11-19-8-7-15(20)10-19/h3-6,9,12,15,20H,7-8,10-11H2,1-2H3. The number of nitrogens with zero attached hydrogens (tertiary/aromatic N) is 2. The van der Waals surface area contributed by atoms with Gasteiger partial charge >= 0.3 is 0 Å². The van der Waals surface area contributed by atoms with Gasteiger partial charge in [-0.1, -0.05) is 38.1 Å². The van der Waals surface area contributed by atoms with Crippen LogP contribution in [0.2, 0.25) is 0 Å². The molecule has 1 aliphatic rings. The zero-order valence-electron chi connectivity index (χ0n) is 12.6. The van der Waals surface area contributed by atoms with Crippen LogP contribution in [-0.4, -0.2) is 34.2 Å². The Balaban J connectivity index is 1.69. The summed E-state index contributed by atoms with van der Waals surface area (Å²) in [5, 5.41) is 10.7. The maximum absolute atomic E-state index is 9.58. The first kappa shape index (κ1) is 14.7. The summed E-state index contributed by atoms with van der Waals surface area (Å²) in [7, 11) is 0. The normalized spacial score (nSPS) is 19.5. The molecule has 1 aromatic heterocycles. The number of aliphatic hydroxyl groups is 1. The molecule has 1 fully saturated rings. The fourth-order valence-corrected chi connectivity index (χ4v) is 3.66. The van der Waals surface area contributed by atoms with Gasteiger partial charge in [-0.05, 0) is 17.9 Å². The predicted octanol–water partition coefficient (Wildman–Crippen LogP) is 3.50. The molecule has 3 nitrogen and oxygen atoms in total. The molecule has 21 heavy (non-hydrogen) atoms. The third kappa shape index (κ3) is 3.51. The number of hydrogen-bond donors (Lipinski definition) is 1. The van der Waals surface area contributed by atoms with Gasteiger partial charge in [0, 0.05) is 36.3 Å². The van der Waals surface area contributed by atoms with Crippen LogP contribution in [0.15, 0.2) is 30.5 Å². The van der Waals surface area contributed by atoms with E-state index in [2.05, 4.69) is 48.0 Å². The smallest absolute Gasteiger partial charge is 0.123 e. The van der Waals surface area contributed by atoms with E-state index in [1.165, 1.54) is 16.0 Å². The Morgan fingerprint density at radius 3 is 2.71 bits per heavy atom. The highest BCUT2D eigenvalue weighted by molar-refractivity contribution is 7.15. The average Bonchev–Trinajstić information content (AvgIpc) is 3.09. The molecule has 0 bridgehead atoms. The first-order chi connectivity index (χ1) is 10.1. The number of β-amino-alcohol motifs (C(OH)–C–C–N with tert-alkyl or cyclic N) is 1. The Kier molecular flexibility index (Phi) is 4.38. The number of aromatic nitrogens is 1. The van der Waals surface area contributed by atoms with Gasteiger partial charge in [0.25, 0.3) is 0 Å². The number of thiazole rings is 1. The Labute approximate surface area is 130 Å². The number of rotatable bonds is 4. The van der Waals surface area contributed by atoms with Gasteiger partial charge in [0.05, 0.1) is 6.10 Å². The maximum atomic E-state index is 9.58. The van der Waals surface area contributed by atoms with Gasteiger partial charge in [0.1, 0.15) is 5.01 Å².